The maximum atomic E-state index is 6.25. The molecule has 2 aliphatic carbocycles. The molecule has 0 amide bonds. The molecule has 0 radical (unpaired) electrons. The van der Waals surface area contributed by atoms with Gasteiger partial charge in [-0.1, -0.05) is 432 Å². The second kappa shape index (κ2) is 36.2. The predicted octanol–water partition coefficient (Wildman–Crippen LogP) is 28.5. The van der Waals surface area contributed by atoms with Crippen LogP contribution in [0.5, 0.6) is 0 Å². The van der Waals surface area contributed by atoms with Gasteiger partial charge in [0.05, 0.1) is 22.0 Å². The van der Waals surface area contributed by atoms with Crippen LogP contribution in [-0.2, 0) is 20.1 Å². The van der Waals surface area contributed by atoms with E-state index >= 15 is 0 Å². The average Bonchev–Trinajstić information content (AvgIpc) is 1.52. The first-order valence-corrected chi connectivity index (χ1v) is 46.2. The van der Waals surface area contributed by atoms with Crippen molar-refractivity contribution in [3.8, 4) is 147 Å². The Kier molecular flexibility index (Phi) is 23.0. The van der Waals surface area contributed by atoms with Gasteiger partial charge in [0.15, 0.2) is 52.4 Å². The lowest BCUT2D eigenvalue weighted by molar-refractivity contribution is 0.00578. The summed E-state index contributed by atoms with van der Waals surface area (Å²) in [5.74, 6) is 5.65. The highest BCUT2D eigenvalue weighted by molar-refractivity contribution is 9.10. The topological polar surface area (TPSA) is 134 Å². The molecule has 14 heteroatoms. The molecule has 1 aliphatic heterocycles. The molecule has 0 saturated carbocycles. The van der Waals surface area contributed by atoms with Crippen LogP contribution in [0.25, 0.3) is 147 Å². The smallest absolute Gasteiger partial charge is 0.399 e. The van der Waals surface area contributed by atoms with Crippen LogP contribution in [-0.4, -0.2) is 63.2 Å². The van der Waals surface area contributed by atoms with Gasteiger partial charge in [-0.3, -0.25) is 0 Å². The van der Waals surface area contributed by atoms with Crippen LogP contribution < -0.4 is 5.46 Å². The Bertz CT molecular complexity index is 7160. The molecule has 0 unspecified atom stereocenters. The van der Waals surface area contributed by atoms with Crippen molar-refractivity contribution in [2.24, 2.45) is 0 Å². The molecule has 0 atom stereocenters. The Morgan fingerprint density at radius 1 is 0.188 bits per heavy atom. The molecule has 3 aromatic heterocycles. The van der Waals surface area contributed by atoms with Crippen molar-refractivity contribution < 1.29 is 9.31 Å². The molecular weight excluding hydrogens is 1760 g/mol. The molecule has 20 aromatic rings. The predicted molar refractivity (Wildman–Crippen MR) is 545 cm³/mol. The molecule has 1 fully saturated rings. The SMILES string of the molecule is Brc1cccc(C2(c3cccc(Br)c3)c3ccccc3-c3ccccc32)c1.CC1(C)OB(c2cccc(-c3nc(-c4ccccc4)nc(-c4ccccc4)n3)c2)OC1(C)C.c1ccc(-c2nc(-c3ccccc3)nc(-c3cccc(-c4cccc(C5(c6cccc(-c7cccc(-c8nc(-c9ccccc9)nc(-c9ccccc9)n8)c7)c6)c6ccccc6-c6ccccc65)c4)c3)n2)cc1. The van der Waals surface area contributed by atoms with Gasteiger partial charge < -0.3 is 9.31 Å². The minimum Gasteiger partial charge on any atom is -0.399 e. The van der Waals surface area contributed by atoms with E-state index in [0.29, 0.717) is 52.4 Å². The van der Waals surface area contributed by atoms with E-state index in [-0.39, 0.29) is 5.41 Å². The van der Waals surface area contributed by atoms with Gasteiger partial charge in [0.1, 0.15) is 0 Å². The number of hydrogen-bond acceptors (Lipinski definition) is 11. The standard InChI is InChI=1S/C67H44N6.C27H26BN3O2.C25H16Br2/c1-5-21-45(22-6-1)61-68-62(46-23-7-2-8-24-46)71-65(70-61)53-33-17-29-49(41-53)51-31-19-35-55(43-51)67(59-39-15-13-37-57(59)58-38-14-16-40-60(58)67)56-36-20-32-52(44-56)50-30-18-34-54(42-50)66-72-63(47-25-9-3-10-26-47)69-64(73-66)48-27-11-4-12-28-48;1-26(2)27(3,4)33-28(32-26)22-17-11-16-21(18-22)25-30-23(19-12-7-5-8-13-19)29-24(31-25)20-14-9-6-10-15-20;26-19-9-5-7-17(15-19)25(18-8-6-10-20(27)16-18)23-13-3-1-11-21(23)22-12-2-4-14-24(22)25/h1-44H;5-18H,1-4H3;1-16H. The molecule has 11 nitrogen and oxygen atoms in total. The van der Waals surface area contributed by atoms with Gasteiger partial charge in [0, 0.05) is 59.0 Å². The summed E-state index contributed by atoms with van der Waals surface area (Å²) in [6.45, 7) is 8.23. The number of fused-ring (bicyclic) bond motifs is 6. The Hall–Kier alpha value is -15.3. The molecule has 0 spiro atoms. The summed E-state index contributed by atoms with van der Waals surface area (Å²) in [6.07, 6.45) is 0. The van der Waals surface area contributed by atoms with Crippen molar-refractivity contribution in [1.29, 1.82) is 0 Å². The van der Waals surface area contributed by atoms with E-state index in [4.69, 9.17) is 54.2 Å². The molecule has 4 heterocycles. The molecule has 133 heavy (non-hydrogen) atoms. The average molecular weight is 1840 g/mol. The van der Waals surface area contributed by atoms with Crippen LogP contribution in [0.3, 0.4) is 0 Å². The van der Waals surface area contributed by atoms with Gasteiger partial charge in [-0.25, -0.2) is 44.9 Å². The van der Waals surface area contributed by atoms with Crippen molar-refractivity contribution in [2.45, 2.75) is 49.7 Å². The zero-order valence-electron chi connectivity index (χ0n) is 73.4. The lowest BCUT2D eigenvalue weighted by atomic mass is 9.67. The van der Waals surface area contributed by atoms with Crippen LogP contribution in [0.15, 0.2) is 458 Å². The third-order valence-corrected chi connectivity index (χ3v) is 26.7. The quantitative estimate of drug-likeness (QED) is 0.0856. The summed E-state index contributed by atoms with van der Waals surface area (Å²) < 4.78 is 14.7. The van der Waals surface area contributed by atoms with Crippen molar-refractivity contribution in [2.75, 3.05) is 0 Å². The van der Waals surface area contributed by atoms with Gasteiger partial charge >= 0.3 is 7.12 Å². The van der Waals surface area contributed by atoms with Gasteiger partial charge in [0.2, 0.25) is 0 Å². The normalized spacial score (nSPS) is 13.7. The molecule has 636 valence electrons. The lowest BCUT2D eigenvalue weighted by Crippen LogP contribution is -2.41. The van der Waals surface area contributed by atoms with Gasteiger partial charge in [0.25, 0.3) is 0 Å². The van der Waals surface area contributed by atoms with E-state index in [1.165, 1.54) is 66.8 Å². The maximum absolute atomic E-state index is 6.25. The Labute approximate surface area is 791 Å². The highest BCUT2D eigenvalue weighted by Crippen LogP contribution is 2.59. The number of benzene rings is 17. The molecule has 0 N–H and O–H groups in total. The van der Waals surface area contributed by atoms with Crippen LogP contribution >= 0.6 is 31.9 Å². The molecular formula is C119H86BBr2N9O2. The number of rotatable bonds is 16. The highest BCUT2D eigenvalue weighted by atomic mass is 79.9. The fourth-order valence-corrected chi connectivity index (χ4v) is 19.4. The van der Waals surface area contributed by atoms with Crippen molar-refractivity contribution in [3.63, 3.8) is 0 Å². The fraction of sp³-hybridized carbons (Fsp3) is 0.0672. The Balaban J connectivity index is 0.000000145. The van der Waals surface area contributed by atoms with Crippen LogP contribution in [0.1, 0.15) is 72.2 Å². The summed E-state index contributed by atoms with van der Waals surface area (Å²) in [4.78, 5) is 44.6. The summed E-state index contributed by atoms with van der Waals surface area (Å²) >= 11 is 7.38. The van der Waals surface area contributed by atoms with E-state index in [0.717, 1.165) is 86.7 Å². The van der Waals surface area contributed by atoms with E-state index in [2.05, 4.69) is 302 Å². The monoisotopic (exact) mass is 1840 g/mol. The second-order valence-corrected chi connectivity index (χ2v) is 36.2. The minimum atomic E-state index is -0.652. The maximum Gasteiger partial charge on any atom is 0.494 e. The third-order valence-electron chi connectivity index (χ3n) is 25.7. The zero-order chi connectivity index (χ0) is 90.0. The first kappa shape index (κ1) is 84.6. The van der Waals surface area contributed by atoms with Gasteiger partial charge in [-0.2, -0.15) is 0 Å². The molecule has 23 rings (SSSR count). The minimum absolute atomic E-state index is 0.333. The molecule has 17 aromatic carbocycles. The van der Waals surface area contributed by atoms with E-state index < -0.39 is 23.7 Å². The Morgan fingerprint density at radius 3 is 0.669 bits per heavy atom. The molecule has 0 bridgehead atoms. The first-order valence-electron chi connectivity index (χ1n) is 44.6. The lowest BCUT2D eigenvalue weighted by Gasteiger charge is -2.34. The second-order valence-electron chi connectivity index (χ2n) is 34.4. The summed E-state index contributed by atoms with van der Waals surface area (Å²) in [7, 11) is -0.445. The largest absolute Gasteiger partial charge is 0.494 e. The number of nitrogens with zero attached hydrogens (tertiary/aromatic N) is 9. The van der Waals surface area contributed by atoms with Gasteiger partial charge in [-0.05, 0) is 171 Å². The van der Waals surface area contributed by atoms with Gasteiger partial charge in [-0.15, -0.1) is 0 Å². The molecule has 1 saturated heterocycles. The third kappa shape index (κ3) is 16.4. The summed E-state index contributed by atoms with van der Waals surface area (Å²) in [6, 6.07) is 156. The summed E-state index contributed by atoms with van der Waals surface area (Å²) in [5, 5.41) is 0. The van der Waals surface area contributed by atoms with Crippen LogP contribution in [0.2, 0.25) is 0 Å². The molecule has 3 aliphatic rings. The van der Waals surface area contributed by atoms with Crippen LogP contribution in [0.4, 0.5) is 0 Å². The zero-order valence-corrected chi connectivity index (χ0v) is 76.6. The number of hydrogen-bond donors (Lipinski definition) is 0. The van der Waals surface area contributed by atoms with E-state index in [9.17, 15) is 0 Å². The highest BCUT2D eigenvalue weighted by Gasteiger charge is 2.52. The fourth-order valence-electron chi connectivity index (χ4n) is 18.6. The van der Waals surface area contributed by atoms with Crippen molar-refractivity contribution in [1.82, 2.24) is 44.9 Å². The van der Waals surface area contributed by atoms with Crippen molar-refractivity contribution >= 4 is 44.4 Å². The number of aromatic nitrogens is 9. The van der Waals surface area contributed by atoms with Crippen LogP contribution in [0, 0.1) is 0 Å². The Morgan fingerprint density at radius 2 is 0.391 bits per heavy atom. The van der Waals surface area contributed by atoms with E-state index in [1.54, 1.807) is 0 Å². The van der Waals surface area contributed by atoms with E-state index in [1.807, 2.05) is 206 Å². The number of halogens is 2. The summed E-state index contributed by atoms with van der Waals surface area (Å²) in [5.41, 5.74) is 26.9. The first-order chi connectivity index (χ1) is 65.2. The van der Waals surface area contributed by atoms with Crippen molar-refractivity contribution in [3.05, 3.63) is 502 Å².